The van der Waals surface area contributed by atoms with Crippen molar-refractivity contribution in [1.82, 2.24) is 24.6 Å². The number of benzene rings is 1. The third-order valence-electron chi connectivity index (χ3n) is 5.39. The Hall–Kier alpha value is -2.74. The molecule has 0 unspecified atom stereocenters. The summed E-state index contributed by atoms with van der Waals surface area (Å²) in [5, 5.41) is 4.10. The van der Waals surface area contributed by atoms with Crippen molar-refractivity contribution >= 4 is 11.8 Å². The number of aryl methyl sites for hydroxylation is 1. The normalized spacial score (nSPS) is 20.6. The van der Waals surface area contributed by atoms with Crippen LogP contribution in [-0.2, 0) is 22.2 Å². The summed E-state index contributed by atoms with van der Waals surface area (Å²) < 4.78 is 7.88. The Morgan fingerprint density at radius 3 is 2.56 bits per heavy atom. The van der Waals surface area contributed by atoms with Gasteiger partial charge in [-0.05, 0) is 24.0 Å². The van der Waals surface area contributed by atoms with E-state index in [4.69, 9.17) is 4.74 Å². The standard InChI is InChI=1S/C19H23N5O3/c1-22(2)17(25)15-13-6-4-5-7-14(13)19(27-15)8-10-24(11-9-19)18(26)16-20-12-23(3)21-16/h4-7,12,15H,8-11H2,1-3H3/t15-/m0/s1. The van der Waals surface area contributed by atoms with Crippen molar-refractivity contribution in [1.29, 1.82) is 0 Å². The van der Waals surface area contributed by atoms with E-state index in [0.717, 1.165) is 11.1 Å². The van der Waals surface area contributed by atoms with Crippen LogP contribution < -0.4 is 0 Å². The van der Waals surface area contributed by atoms with Crippen LogP contribution in [0.4, 0.5) is 0 Å². The lowest BCUT2D eigenvalue weighted by atomic mass is 9.83. The molecule has 1 fully saturated rings. The molecule has 2 aliphatic rings. The zero-order valence-electron chi connectivity index (χ0n) is 15.8. The lowest BCUT2D eigenvalue weighted by Gasteiger charge is -2.39. The smallest absolute Gasteiger partial charge is 0.293 e. The molecule has 8 heteroatoms. The molecule has 1 atom stereocenters. The molecule has 4 rings (SSSR count). The zero-order chi connectivity index (χ0) is 19.2. The van der Waals surface area contributed by atoms with Gasteiger partial charge >= 0.3 is 0 Å². The average Bonchev–Trinajstić information content (AvgIpc) is 3.24. The number of carbonyl (C=O) groups is 2. The number of hydrogen-bond donors (Lipinski definition) is 0. The van der Waals surface area contributed by atoms with Gasteiger partial charge in [0.05, 0.1) is 5.60 Å². The maximum absolute atomic E-state index is 12.6. The van der Waals surface area contributed by atoms with E-state index < -0.39 is 11.7 Å². The summed E-state index contributed by atoms with van der Waals surface area (Å²) in [6.45, 7) is 1.07. The number of ether oxygens (including phenoxy) is 1. The van der Waals surface area contributed by atoms with Gasteiger partial charge in [0, 0.05) is 34.2 Å². The van der Waals surface area contributed by atoms with Crippen molar-refractivity contribution in [2.45, 2.75) is 24.5 Å². The maximum atomic E-state index is 12.6. The van der Waals surface area contributed by atoms with E-state index in [1.165, 1.54) is 11.0 Å². The fourth-order valence-electron chi connectivity index (χ4n) is 3.95. The highest BCUT2D eigenvalue weighted by Crippen LogP contribution is 2.49. The second-order valence-corrected chi connectivity index (χ2v) is 7.35. The molecule has 0 aliphatic carbocycles. The molecule has 0 saturated carbocycles. The molecule has 0 radical (unpaired) electrons. The SMILES string of the molecule is CN(C)C(=O)[C@H]1OC2(CCN(C(=O)c3ncn(C)n3)CC2)c2ccccc21. The first kappa shape index (κ1) is 17.7. The van der Waals surface area contributed by atoms with Gasteiger partial charge in [-0.15, -0.1) is 5.10 Å². The molecule has 1 spiro atoms. The molecule has 8 nitrogen and oxygen atoms in total. The Kier molecular flexibility index (Phi) is 4.22. The third-order valence-corrected chi connectivity index (χ3v) is 5.39. The Labute approximate surface area is 157 Å². The Bertz CT molecular complexity index is 883. The van der Waals surface area contributed by atoms with Crippen LogP contribution in [-0.4, -0.2) is 63.6 Å². The van der Waals surface area contributed by atoms with Gasteiger partial charge in [-0.25, -0.2) is 4.98 Å². The van der Waals surface area contributed by atoms with Crippen LogP contribution in [0.3, 0.4) is 0 Å². The van der Waals surface area contributed by atoms with E-state index in [9.17, 15) is 9.59 Å². The number of carbonyl (C=O) groups excluding carboxylic acids is 2. The summed E-state index contributed by atoms with van der Waals surface area (Å²) in [5.41, 5.74) is 1.47. The topological polar surface area (TPSA) is 80.6 Å². The van der Waals surface area contributed by atoms with Crippen LogP contribution in [0.1, 0.15) is 40.7 Å². The van der Waals surface area contributed by atoms with Gasteiger partial charge in [-0.3, -0.25) is 14.3 Å². The molecule has 2 aromatic rings. The minimum absolute atomic E-state index is 0.0597. The molecule has 3 heterocycles. The second kappa shape index (κ2) is 6.45. The number of piperidine rings is 1. The van der Waals surface area contributed by atoms with Gasteiger partial charge in [-0.1, -0.05) is 24.3 Å². The fraction of sp³-hybridized carbons (Fsp3) is 0.474. The molecular weight excluding hydrogens is 346 g/mol. The Balaban J connectivity index is 1.55. The van der Waals surface area contributed by atoms with Gasteiger partial charge in [0.15, 0.2) is 6.10 Å². The molecule has 1 aromatic carbocycles. The highest BCUT2D eigenvalue weighted by molar-refractivity contribution is 5.90. The van der Waals surface area contributed by atoms with Crippen molar-refractivity contribution in [2.75, 3.05) is 27.2 Å². The summed E-state index contributed by atoms with van der Waals surface area (Å²) in [7, 11) is 5.21. The molecule has 0 bridgehead atoms. The Morgan fingerprint density at radius 1 is 1.22 bits per heavy atom. The summed E-state index contributed by atoms with van der Waals surface area (Å²) in [4.78, 5) is 32.6. The minimum Gasteiger partial charge on any atom is -0.352 e. The van der Waals surface area contributed by atoms with Gasteiger partial charge < -0.3 is 14.5 Å². The summed E-state index contributed by atoms with van der Waals surface area (Å²) in [6.07, 6.45) is 2.21. The lowest BCUT2D eigenvalue weighted by Crippen LogP contribution is -2.46. The third kappa shape index (κ3) is 2.90. The van der Waals surface area contributed by atoms with Crippen molar-refractivity contribution in [2.24, 2.45) is 7.05 Å². The van der Waals surface area contributed by atoms with Gasteiger partial charge in [0.1, 0.15) is 6.33 Å². The van der Waals surface area contributed by atoms with E-state index in [0.29, 0.717) is 25.9 Å². The number of aromatic nitrogens is 3. The number of amides is 2. The van der Waals surface area contributed by atoms with E-state index in [1.54, 1.807) is 30.9 Å². The first-order valence-electron chi connectivity index (χ1n) is 9.04. The van der Waals surface area contributed by atoms with Crippen LogP contribution in [0.15, 0.2) is 30.6 Å². The molecule has 1 saturated heterocycles. The van der Waals surface area contributed by atoms with E-state index in [1.807, 2.05) is 24.3 Å². The van der Waals surface area contributed by atoms with Gasteiger partial charge in [0.25, 0.3) is 11.8 Å². The second-order valence-electron chi connectivity index (χ2n) is 7.35. The van der Waals surface area contributed by atoms with Crippen LogP contribution in [0.25, 0.3) is 0 Å². The largest absolute Gasteiger partial charge is 0.352 e. The van der Waals surface area contributed by atoms with Gasteiger partial charge in [0.2, 0.25) is 5.82 Å². The molecule has 2 amide bonds. The molecule has 142 valence electrons. The van der Waals surface area contributed by atoms with Crippen LogP contribution in [0.2, 0.25) is 0 Å². The maximum Gasteiger partial charge on any atom is 0.293 e. The van der Waals surface area contributed by atoms with Crippen molar-refractivity contribution < 1.29 is 14.3 Å². The molecule has 27 heavy (non-hydrogen) atoms. The van der Waals surface area contributed by atoms with Crippen molar-refractivity contribution in [3.8, 4) is 0 Å². The van der Waals surface area contributed by atoms with E-state index in [-0.39, 0.29) is 17.6 Å². The Morgan fingerprint density at radius 2 is 1.93 bits per heavy atom. The quantitative estimate of drug-likeness (QED) is 0.792. The predicted octanol–water partition coefficient (Wildman–Crippen LogP) is 1.11. The predicted molar refractivity (Wildman–Crippen MR) is 96.8 cm³/mol. The van der Waals surface area contributed by atoms with Crippen LogP contribution in [0.5, 0.6) is 0 Å². The van der Waals surface area contributed by atoms with Crippen LogP contribution in [0, 0.1) is 0 Å². The zero-order valence-corrected chi connectivity index (χ0v) is 15.8. The highest BCUT2D eigenvalue weighted by atomic mass is 16.5. The molecular formula is C19H23N5O3. The summed E-state index contributed by atoms with van der Waals surface area (Å²) in [5.74, 6) is -0.0185. The van der Waals surface area contributed by atoms with Crippen LogP contribution >= 0.6 is 0 Å². The van der Waals surface area contributed by atoms with Crippen molar-refractivity contribution in [3.63, 3.8) is 0 Å². The number of likely N-dealkylation sites (N-methyl/N-ethyl adjacent to an activating group) is 1. The number of hydrogen-bond acceptors (Lipinski definition) is 5. The summed E-state index contributed by atoms with van der Waals surface area (Å²) >= 11 is 0. The number of nitrogens with zero attached hydrogens (tertiary/aromatic N) is 5. The molecule has 2 aliphatic heterocycles. The number of fused-ring (bicyclic) bond motifs is 2. The van der Waals surface area contributed by atoms with E-state index in [2.05, 4.69) is 10.1 Å². The van der Waals surface area contributed by atoms with Gasteiger partial charge in [-0.2, -0.15) is 0 Å². The van der Waals surface area contributed by atoms with E-state index >= 15 is 0 Å². The first-order valence-corrected chi connectivity index (χ1v) is 9.04. The average molecular weight is 369 g/mol. The molecule has 1 aromatic heterocycles. The lowest BCUT2D eigenvalue weighted by molar-refractivity contribution is -0.157. The minimum atomic E-state index is -0.587. The highest BCUT2D eigenvalue weighted by Gasteiger charge is 2.49. The number of likely N-dealkylation sites (tertiary alicyclic amines) is 1. The molecule has 0 N–H and O–H groups in total. The first-order chi connectivity index (χ1) is 12.9. The fourth-order valence-corrected chi connectivity index (χ4v) is 3.95. The summed E-state index contributed by atoms with van der Waals surface area (Å²) in [6, 6.07) is 7.91. The number of rotatable bonds is 2. The van der Waals surface area contributed by atoms with Crippen molar-refractivity contribution in [3.05, 3.63) is 47.5 Å². The monoisotopic (exact) mass is 369 g/mol.